The van der Waals surface area contributed by atoms with Crippen LogP contribution in [0.5, 0.6) is 0 Å². The van der Waals surface area contributed by atoms with E-state index in [2.05, 4.69) is 16.3 Å². The second kappa shape index (κ2) is 5.69. The van der Waals surface area contributed by atoms with Gasteiger partial charge >= 0.3 is 0 Å². The monoisotopic (exact) mass is 284 g/mol. The van der Waals surface area contributed by atoms with Gasteiger partial charge in [0, 0.05) is 30.6 Å². The number of carbonyl (C=O) groups is 1. The number of para-hydroxylation sites is 1. The van der Waals surface area contributed by atoms with Crippen LogP contribution in [-0.2, 0) is 11.3 Å². The van der Waals surface area contributed by atoms with Gasteiger partial charge in [0.15, 0.2) is 0 Å². The fraction of sp³-hybridized carbons (Fsp3) is 0.375. The number of piperazine rings is 1. The molecule has 5 nitrogen and oxygen atoms in total. The van der Waals surface area contributed by atoms with Crippen LogP contribution in [0.3, 0.4) is 0 Å². The van der Waals surface area contributed by atoms with Gasteiger partial charge in [-0.3, -0.25) is 4.79 Å². The van der Waals surface area contributed by atoms with Gasteiger partial charge in [0.2, 0.25) is 5.91 Å². The van der Waals surface area contributed by atoms with Crippen LogP contribution < -0.4 is 16.0 Å². The van der Waals surface area contributed by atoms with Crippen molar-refractivity contribution < 1.29 is 4.79 Å². The molecule has 1 aliphatic rings. The topological polar surface area (TPSA) is 71.2 Å². The lowest BCUT2D eigenvalue weighted by atomic mass is 10.1. The molecule has 110 valence electrons. The molecule has 1 atom stereocenters. The van der Waals surface area contributed by atoms with Gasteiger partial charge in [0.25, 0.3) is 0 Å². The predicted molar refractivity (Wildman–Crippen MR) is 84.1 cm³/mol. The van der Waals surface area contributed by atoms with E-state index in [1.807, 2.05) is 31.2 Å². The van der Waals surface area contributed by atoms with Crippen LogP contribution in [0.2, 0.25) is 0 Å². The molecule has 1 aromatic carbocycles. The molecule has 1 unspecified atom stereocenters. The summed E-state index contributed by atoms with van der Waals surface area (Å²) in [5, 5.41) is 4.00. The molecule has 0 saturated carbocycles. The highest BCUT2D eigenvalue weighted by molar-refractivity contribution is 5.88. The normalized spacial score (nSPS) is 18.9. The highest BCUT2D eigenvalue weighted by Crippen LogP contribution is 2.26. The average molecular weight is 284 g/mol. The Bertz CT molecular complexity index is 670. The van der Waals surface area contributed by atoms with E-state index in [0.29, 0.717) is 13.1 Å². The number of nitrogens with zero attached hydrogens (tertiary/aromatic N) is 2. The number of pyridine rings is 1. The number of amides is 1. The van der Waals surface area contributed by atoms with E-state index in [1.54, 1.807) is 0 Å². The van der Waals surface area contributed by atoms with Crippen molar-refractivity contribution in [3.8, 4) is 0 Å². The number of nitrogens with one attached hydrogen (secondary N) is 1. The number of carbonyl (C=O) groups excluding carboxylic acids is 1. The lowest BCUT2D eigenvalue weighted by molar-refractivity contribution is -0.123. The number of rotatable bonds is 3. The molecular weight excluding hydrogens is 264 g/mol. The van der Waals surface area contributed by atoms with Gasteiger partial charge in [0.1, 0.15) is 11.9 Å². The molecule has 3 N–H and O–H groups in total. The molecule has 0 aliphatic carbocycles. The summed E-state index contributed by atoms with van der Waals surface area (Å²) in [5.74, 6) is 0.916. The predicted octanol–water partition coefficient (Wildman–Crippen LogP) is 1.41. The second-order valence-electron chi connectivity index (χ2n) is 5.28. The molecule has 3 rings (SSSR count). The molecule has 1 saturated heterocycles. The number of fused-ring (bicyclic) bond motifs is 1. The smallest absolute Gasteiger partial charge is 0.242 e. The van der Waals surface area contributed by atoms with Gasteiger partial charge in [-0.05, 0) is 18.6 Å². The third-order valence-electron chi connectivity index (χ3n) is 3.99. The molecule has 1 fully saturated rings. The van der Waals surface area contributed by atoms with Gasteiger partial charge in [-0.2, -0.15) is 0 Å². The maximum Gasteiger partial charge on any atom is 0.242 e. The molecule has 0 spiro atoms. The summed E-state index contributed by atoms with van der Waals surface area (Å²) in [7, 11) is 0. The van der Waals surface area contributed by atoms with Gasteiger partial charge < -0.3 is 16.0 Å². The number of nitrogens with two attached hydrogens (primary N) is 1. The minimum Gasteiger partial charge on any atom is -0.353 e. The summed E-state index contributed by atoms with van der Waals surface area (Å²) in [6, 6.07) is 9.90. The first-order valence-electron chi connectivity index (χ1n) is 7.37. The minimum atomic E-state index is -0.169. The Morgan fingerprint density at radius 2 is 2.24 bits per heavy atom. The van der Waals surface area contributed by atoms with Crippen molar-refractivity contribution in [3.05, 3.63) is 35.9 Å². The van der Waals surface area contributed by atoms with E-state index in [4.69, 9.17) is 10.7 Å². The summed E-state index contributed by atoms with van der Waals surface area (Å²) in [6.07, 6.45) is 0.754. The molecule has 5 heteroatoms. The fourth-order valence-electron chi connectivity index (χ4n) is 2.92. The van der Waals surface area contributed by atoms with Crippen LogP contribution in [0.25, 0.3) is 10.9 Å². The lowest BCUT2D eigenvalue weighted by Crippen LogP contribution is -2.55. The minimum absolute atomic E-state index is 0.0710. The van der Waals surface area contributed by atoms with E-state index in [-0.39, 0.29) is 11.9 Å². The summed E-state index contributed by atoms with van der Waals surface area (Å²) in [5.41, 5.74) is 7.83. The standard InChI is InChI=1S/C16H20N4O/c1-2-14-16(21)18-7-8-20(14)15-12(10-17)9-11-5-3-4-6-13(11)19-15/h3-6,9,14H,2,7-8,10,17H2,1H3,(H,18,21). The Morgan fingerprint density at radius 3 is 3.00 bits per heavy atom. The Balaban J connectivity index is 2.11. The van der Waals surface area contributed by atoms with Gasteiger partial charge in [-0.15, -0.1) is 0 Å². The molecular formula is C16H20N4O. The molecule has 0 bridgehead atoms. The number of anilines is 1. The van der Waals surface area contributed by atoms with Crippen LogP contribution in [0.1, 0.15) is 18.9 Å². The van der Waals surface area contributed by atoms with E-state index in [0.717, 1.165) is 35.2 Å². The Labute approximate surface area is 124 Å². The quantitative estimate of drug-likeness (QED) is 0.894. The first-order chi connectivity index (χ1) is 10.2. The van der Waals surface area contributed by atoms with E-state index in [1.165, 1.54) is 0 Å². The Morgan fingerprint density at radius 1 is 1.43 bits per heavy atom. The number of hydrogen-bond acceptors (Lipinski definition) is 4. The van der Waals surface area contributed by atoms with Gasteiger partial charge in [-0.25, -0.2) is 4.98 Å². The molecule has 0 radical (unpaired) electrons. The van der Waals surface area contributed by atoms with Crippen LogP contribution in [-0.4, -0.2) is 30.0 Å². The van der Waals surface area contributed by atoms with Crippen molar-refractivity contribution in [2.75, 3.05) is 18.0 Å². The van der Waals surface area contributed by atoms with Crippen molar-refractivity contribution in [3.63, 3.8) is 0 Å². The molecule has 2 heterocycles. The molecule has 2 aromatic rings. The van der Waals surface area contributed by atoms with E-state index >= 15 is 0 Å². The van der Waals surface area contributed by atoms with Crippen molar-refractivity contribution >= 4 is 22.6 Å². The molecule has 1 aromatic heterocycles. The summed E-state index contributed by atoms with van der Waals surface area (Å²) in [4.78, 5) is 18.9. The zero-order valence-electron chi connectivity index (χ0n) is 12.2. The Kier molecular flexibility index (Phi) is 3.75. The number of aromatic nitrogens is 1. The lowest BCUT2D eigenvalue weighted by Gasteiger charge is -2.36. The SMILES string of the molecule is CCC1C(=O)NCCN1c1nc2ccccc2cc1CN. The fourth-order valence-corrected chi connectivity index (χ4v) is 2.92. The summed E-state index contributed by atoms with van der Waals surface area (Å²) in [6.45, 7) is 3.85. The van der Waals surface area contributed by atoms with Crippen molar-refractivity contribution in [2.45, 2.75) is 25.9 Å². The van der Waals surface area contributed by atoms with Crippen molar-refractivity contribution in [2.24, 2.45) is 5.73 Å². The maximum atomic E-state index is 12.1. The third-order valence-corrected chi connectivity index (χ3v) is 3.99. The zero-order chi connectivity index (χ0) is 14.8. The largest absolute Gasteiger partial charge is 0.353 e. The molecule has 21 heavy (non-hydrogen) atoms. The highest BCUT2D eigenvalue weighted by atomic mass is 16.2. The van der Waals surface area contributed by atoms with Crippen molar-refractivity contribution in [1.29, 1.82) is 0 Å². The van der Waals surface area contributed by atoms with E-state index < -0.39 is 0 Å². The third kappa shape index (κ3) is 2.45. The van der Waals surface area contributed by atoms with Crippen molar-refractivity contribution in [1.82, 2.24) is 10.3 Å². The van der Waals surface area contributed by atoms with Crippen LogP contribution in [0.4, 0.5) is 5.82 Å². The summed E-state index contributed by atoms with van der Waals surface area (Å²) < 4.78 is 0. The Hall–Kier alpha value is -2.14. The van der Waals surface area contributed by atoms with Crippen LogP contribution in [0, 0.1) is 0 Å². The first kappa shape index (κ1) is 13.8. The van der Waals surface area contributed by atoms with Gasteiger partial charge in [-0.1, -0.05) is 25.1 Å². The first-order valence-corrected chi connectivity index (χ1v) is 7.37. The average Bonchev–Trinajstić information content (AvgIpc) is 2.53. The highest BCUT2D eigenvalue weighted by Gasteiger charge is 2.30. The number of benzene rings is 1. The number of hydrogen-bond donors (Lipinski definition) is 2. The second-order valence-corrected chi connectivity index (χ2v) is 5.28. The van der Waals surface area contributed by atoms with Gasteiger partial charge in [0.05, 0.1) is 5.52 Å². The summed E-state index contributed by atoms with van der Waals surface area (Å²) >= 11 is 0. The molecule has 1 amide bonds. The van der Waals surface area contributed by atoms with Crippen LogP contribution >= 0.6 is 0 Å². The molecule has 1 aliphatic heterocycles. The van der Waals surface area contributed by atoms with E-state index in [9.17, 15) is 4.79 Å². The van der Waals surface area contributed by atoms with Crippen LogP contribution in [0.15, 0.2) is 30.3 Å². The zero-order valence-corrected chi connectivity index (χ0v) is 12.2. The maximum absolute atomic E-state index is 12.1.